The van der Waals surface area contributed by atoms with Gasteiger partial charge in [0.25, 0.3) is 0 Å². The molecular weight excluding hydrogens is 192 g/mol. The summed E-state index contributed by atoms with van der Waals surface area (Å²) < 4.78 is 0. The Morgan fingerprint density at radius 1 is 1.00 bits per heavy atom. The normalized spacial score (nSPS) is 13.5. The molecule has 0 aliphatic rings. The standard InChI is InChI=1S/C11H18N2O2/c1-3-5-6-7-8-11(4-2,12-9-14)13-10-15/h3-8H2,1-2H3. The number of nitrogens with zero attached hydrogens (tertiary/aromatic N) is 2. The number of hydrogen-bond acceptors (Lipinski definition) is 4. The quantitative estimate of drug-likeness (QED) is 0.351. The largest absolute Gasteiger partial charge is 0.237 e. The third kappa shape index (κ3) is 5.26. The molecule has 0 fully saturated rings. The van der Waals surface area contributed by atoms with Crippen molar-refractivity contribution < 1.29 is 9.59 Å². The maximum absolute atomic E-state index is 10.3. The van der Waals surface area contributed by atoms with Gasteiger partial charge < -0.3 is 0 Å². The number of rotatable bonds is 8. The van der Waals surface area contributed by atoms with E-state index in [-0.39, 0.29) is 0 Å². The van der Waals surface area contributed by atoms with E-state index in [1.54, 1.807) is 0 Å². The minimum atomic E-state index is -0.906. The lowest BCUT2D eigenvalue weighted by Crippen LogP contribution is -2.22. The number of aliphatic imine (C=N–C) groups is 2. The Labute approximate surface area is 90.5 Å². The van der Waals surface area contributed by atoms with E-state index >= 15 is 0 Å². The van der Waals surface area contributed by atoms with Crippen molar-refractivity contribution in [2.45, 2.75) is 58.0 Å². The van der Waals surface area contributed by atoms with Crippen LogP contribution in [-0.2, 0) is 9.59 Å². The molecule has 0 rings (SSSR count). The molecule has 0 spiro atoms. The van der Waals surface area contributed by atoms with Gasteiger partial charge in [-0.1, -0.05) is 33.1 Å². The Kier molecular flexibility index (Phi) is 7.43. The van der Waals surface area contributed by atoms with Gasteiger partial charge in [0.2, 0.25) is 12.2 Å². The highest BCUT2D eigenvalue weighted by molar-refractivity contribution is 5.38. The summed E-state index contributed by atoms with van der Waals surface area (Å²) in [5.74, 6) is 0. The molecule has 0 aromatic rings. The van der Waals surface area contributed by atoms with Crippen molar-refractivity contribution in [2.75, 3.05) is 0 Å². The van der Waals surface area contributed by atoms with E-state index in [1.807, 2.05) is 6.92 Å². The zero-order chi connectivity index (χ0) is 11.6. The minimum absolute atomic E-state index is 0.531. The van der Waals surface area contributed by atoms with E-state index in [2.05, 4.69) is 16.9 Å². The first-order valence-electron chi connectivity index (χ1n) is 5.42. The smallest absolute Gasteiger partial charge is 0.211 e. The SMILES string of the molecule is CCCCCCC(CC)(N=C=O)N=C=O. The van der Waals surface area contributed by atoms with Crippen LogP contribution in [0.4, 0.5) is 0 Å². The van der Waals surface area contributed by atoms with Crippen LogP contribution >= 0.6 is 0 Å². The van der Waals surface area contributed by atoms with Gasteiger partial charge in [-0.25, -0.2) is 9.59 Å². The molecule has 0 saturated carbocycles. The first-order valence-corrected chi connectivity index (χ1v) is 5.42. The predicted molar refractivity (Wildman–Crippen MR) is 58.0 cm³/mol. The number of isocyanates is 2. The molecule has 0 aliphatic carbocycles. The second-order valence-corrected chi connectivity index (χ2v) is 3.55. The summed E-state index contributed by atoms with van der Waals surface area (Å²) in [7, 11) is 0. The van der Waals surface area contributed by atoms with Gasteiger partial charge >= 0.3 is 0 Å². The predicted octanol–water partition coefficient (Wildman–Crippen LogP) is 2.73. The van der Waals surface area contributed by atoms with Crippen LogP contribution in [0.5, 0.6) is 0 Å². The van der Waals surface area contributed by atoms with Gasteiger partial charge in [-0.15, -0.1) is 0 Å². The summed E-state index contributed by atoms with van der Waals surface area (Å²) in [6, 6.07) is 0. The number of unbranched alkanes of at least 4 members (excludes halogenated alkanes) is 3. The summed E-state index contributed by atoms with van der Waals surface area (Å²) in [6.45, 7) is 3.97. The van der Waals surface area contributed by atoms with Crippen LogP contribution in [-0.4, -0.2) is 17.8 Å². The van der Waals surface area contributed by atoms with Crippen molar-refractivity contribution in [1.82, 2.24) is 0 Å². The molecule has 84 valence electrons. The lowest BCUT2D eigenvalue weighted by molar-refractivity contribution is 0.376. The van der Waals surface area contributed by atoms with Crippen LogP contribution in [0, 0.1) is 0 Å². The Morgan fingerprint density at radius 2 is 1.60 bits per heavy atom. The molecule has 4 heteroatoms. The maximum Gasteiger partial charge on any atom is 0.237 e. The van der Waals surface area contributed by atoms with Gasteiger partial charge in [0, 0.05) is 0 Å². The molecule has 0 heterocycles. The summed E-state index contributed by atoms with van der Waals surface area (Å²) in [5.41, 5.74) is -0.906. The van der Waals surface area contributed by atoms with Crippen molar-refractivity contribution in [3.8, 4) is 0 Å². The van der Waals surface area contributed by atoms with Crippen LogP contribution in [0.3, 0.4) is 0 Å². The summed E-state index contributed by atoms with van der Waals surface area (Å²) in [5, 5.41) is 0. The monoisotopic (exact) mass is 210 g/mol. The van der Waals surface area contributed by atoms with E-state index < -0.39 is 5.66 Å². The molecule has 0 atom stereocenters. The van der Waals surface area contributed by atoms with E-state index in [1.165, 1.54) is 12.2 Å². The Hall–Kier alpha value is -1.24. The average Bonchev–Trinajstić information content (AvgIpc) is 2.25. The van der Waals surface area contributed by atoms with Gasteiger partial charge in [0.05, 0.1) is 0 Å². The second kappa shape index (κ2) is 8.10. The van der Waals surface area contributed by atoms with Crippen LogP contribution in [0.1, 0.15) is 52.4 Å². The van der Waals surface area contributed by atoms with Crippen LogP contribution in [0.2, 0.25) is 0 Å². The Bertz CT molecular complexity index is 246. The van der Waals surface area contributed by atoms with Gasteiger partial charge in [-0.05, 0) is 19.3 Å². The molecule has 0 saturated heterocycles. The van der Waals surface area contributed by atoms with Crippen molar-refractivity contribution in [3.63, 3.8) is 0 Å². The van der Waals surface area contributed by atoms with Crippen LogP contribution in [0.15, 0.2) is 9.98 Å². The number of carbonyl (C=O) groups excluding carboxylic acids is 2. The Morgan fingerprint density at radius 3 is 2.00 bits per heavy atom. The average molecular weight is 210 g/mol. The molecule has 0 aliphatic heterocycles. The van der Waals surface area contributed by atoms with E-state index in [4.69, 9.17) is 0 Å². The topological polar surface area (TPSA) is 58.9 Å². The van der Waals surface area contributed by atoms with Crippen molar-refractivity contribution >= 4 is 12.2 Å². The molecule has 0 unspecified atom stereocenters. The van der Waals surface area contributed by atoms with E-state index in [0.717, 1.165) is 25.7 Å². The highest BCUT2D eigenvalue weighted by atomic mass is 16.1. The summed E-state index contributed by atoms with van der Waals surface area (Å²) in [4.78, 5) is 27.8. The highest BCUT2D eigenvalue weighted by Crippen LogP contribution is 2.24. The lowest BCUT2D eigenvalue weighted by Gasteiger charge is -2.19. The molecule has 0 aromatic heterocycles. The van der Waals surface area contributed by atoms with Gasteiger partial charge in [-0.2, -0.15) is 9.98 Å². The van der Waals surface area contributed by atoms with Gasteiger partial charge in [-0.3, -0.25) is 0 Å². The van der Waals surface area contributed by atoms with Gasteiger partial charge in [0.1, 0.15) is 0 Å². The van der Waals surface area contributed by atoms with Crippen LogP contribution in [0.25, 0.3) is 0 Å². The Balaban J connectivity index is 4.35. The fraction of sp³-hybridized carbons (Fsp3) is 0.818. The maximum atomic E-state index is 10.3. The number of hydrogen-bond donors (Lipinski definition) is 0. The molecule has 15 heavy (non-hydrogen) atoms. The third-order valence-electron chi connectivity index (χ3n) is 2.50. The lowest BCUT2D eigenvalue weighted by atomic mass is 9.99. The zero-order valence-electron chi connectivity index (χ0n) is 9.45. The first-order chi connectivity index (χ1) is 7.24. The summed E-state index contributed by atoms with van der Waals surface area (Å²) in [6.07, 6.45) is 8.40. The van der Waals surface area contributed by atoms with Crippen molar-refractivity contribution in [2.24, 2.45) is 9.98 Å². The second-order valence-electron chi connectivity index (χ2n) is 3.55. The van der Waals surface area contributed by atoms with Gasteiger partial charge in [0.15, 0.2) is 5.66 Å². The molecule has 0 amide bonds. The highest BCUT2D eigenvalue weighted by Gasteiger charge is 2.26. The zero-order valence-corrected chi connectivity index (χ0v) is 9.45. The van der Waals surface area contributed by atoms with Crippen molar-refractivity contribution in [1.29, 1.82) is 0 Å². The molecule has 4 nitrogen and oxygen atoms in total. The van der Waals surface area contributed by atoms with E-state index in [9.17, 15) is 9.59 Å². The van der Waals surface area contributed by atoms with Crippen LogP contribution < -0.4 is 0 Å². The fourth-order valence-electron chi connectivity index (χ4n) is 1.48. The molecule has 0 bridgehead atoms. The molecule has 0 radical (unpaired) electrons. The summed E-state index contributed by atoms with van der Waals surface area (Å²) >= 11 is 0. The first kappa shape index (κ1) is 13.8. The van der Waals surface area contributed by atoms with Crippen molar-refractivity contribution in [3.05, 3.63) is 0 Å². The van der Waals surface area contributed by atoms with E-state index in [0.29, 0.717) is 12.8 Å². The third-order valence-corrected chi connectivity index (χ3v) is 2.50. The molecular formula is C11H18N2O2. The fourth-order valence-corrected chi connectivity index (χ4v) is 1.48. The minimum Gasteiger partial charge on any atom is -0.211 e. The molecule has 0 aromatic carbocycles. The molecule has 0 N–H and O–H groups in total.